The molecule has 11 heteroatoms. The normalized spacial score (nSPS) is 10.6. The fourth-order valence-corrected chi connectivity index (χ4v) is 2.96. The van der Waals surface area contributed by atoms with Gasteiger partial charge in [-0.25, -0.2) is 5.43 Å². The molecule has 0 aliphatic rings. The second-order valence-electron chi connectivity index (χ2n) is 4.60. The van der Waals surface area contributed by atoms with Crippen molar-refractivity contribution in [2.45, 2.75) is 17.7 Å². The highest BCUT2D eigenvalue weighted by molar-refractivity contribution is 7.89. The number of nitrogens with zero attached hydrogens (tertiary/aromatic N) is 1. The third kappa shape index (κ3) is 5.36. The predicted molar refractivity (Wildman–Crippen MR) is 85.5 cm³/mol. The standard InChI is InChI=1S/C14H17N3O7S/c1-15-17(13(20)9-18)25(22,23)11-5-3-10(4-6-11)16-12(19)7-8-14(21)24-2/h3-6,9,15H,7-8H2,1-2H3,(H,16,19). The molecule has 0 spiro atoms. The van der Waals surface area contributed by atoms with Crippen LogP contribution >= 0.6 is 0 Å². The number of hydrogen-bond donors (Lipinski definition) is 2. The summed E-state index contributed by atoms with van der Waals surface area (Å²) < 4.78 is 29.1. The molecule has 0 atom stereocenters. The molecule has 1 aromatic rings. The number of hydrogen-bond acceptors (Lipinski definition) is 8. The van der Waals surface area contributed by atoms with E-state index in [-0.39, 0.29) is 28.4 Å². The number of nitrogens with one attached hydrogen (secondary N) is 2. The molecule has 0 heterocycles. The van der Waals surface area contributed by atoms with Crippen LogP contribution in [0.1, 0.15) is 12.8 Å². The number of rotatable bonds is 8. The zero-order valence-corrected chi connectivity index (χ0v) is 14.3. The number of methoxy groups -OCH3 is 1. The number of aldehydes is 1. The van der Waals surface area contributed by atoms with Crippen LogP contribution in [0.2, 0.25) is 0 Å². The van der Waals surface area contributed by atoms with E-state index in [0.29, 0.717) is 5.69 Å². The first kappa shape index (κ1) is 20.3. The summed E-state index contributed by atoms with van der Waals surface area (Å²) in [5, 5.41) is 2.48. The van der Waals surface area contributed by atoms with E-state index < -0.39 is 27.8 Å². The van der Waals surface area contributed by atoms with Crippen LogP contribution in [0.3, 0.4) is 0 Å². The van der Waals surface area contributed by atoms with Gasteiger partial charge in [0, 0.05) is 19.2 Å². The summed E-state index contributed by atoms with van der Waals surface area (Å²) in [6.07, 6.45) is -0.308. The summed E-state index contributed by atoms with van der Waals surface area (Å²) in [5.41, 5.74) is 2.42. The van der Waals surface area contributed by atoms with Gasteiger partial charge in [0.1, 0.15) is 0 Å². The minimum absolute atomic E-state index is 0.0836. The van der Waals surface area contributed by atoms with Gasteiger partial charge in [0.05, 0.1) is 18.4 Å². The first-order chi connectivity index (χ1) is 11.8. The molecule has 0 aromatic heterocycles. The first-order valence-electron chi connectivity index (χ1n) is 6.94. The molecule has 2 N–H and O–H groups in total. The second-order valence-corrected chi connectivity index (χ2v) is 6.38. The summed E-state index contributed by atoms with van der Waals surface area (Å²) in [6.45, 7) is 0. The van der Waals surface area contributed by atoms with Crippen molar-refractivity contribution in [1.82, 2.24) is 9.84 Å². The van der Waals surface area contributed by atoms with E-state index in [9.17, 15) is 27.6 Å². The fraction of sp³-hybridized carbons (Fsp3) is 0.286. The van der Waals surface area contributed by atoms with E-state index in [0.717, 1.165) is 12.1 Å². The number of esters is 1. The molecule has 0 aliphatic heterocycles. The molecule has 0 saturated heterocycles. The van der Waals surface area contributed by atoms with Gasteiger partial charge in [-0.1, -0.05) is 0 Å². The maximum absolute atomic E-state index is 12.3. The van der Waals surface area contributed by atoms with Crippen molar-refractivity contribution in [1.29, 1.82) is 0 Å². The Morgan fingerprint density at radius 3 is 2.24 bits per heavy atom. The van der Waals surface area contributed by atoms with Crippen LogP contribution in [0.25, 0.3) is 0 Å². The summed E-state index contributed by atoms with van der Waals surface area (Å²) in [4.78, 5) is 44.2. The number of benzene rings is 1. The Morgan fingerprint density at radius 2 is 1.76 bits per heavy atom. The van der Waals surface area contributed by atoms with Crippen molar-refractivity contribution in [3.63, 3.8) is 0 Å². The van der Waals surface area contributed by atoms with E-state index in [1.165, 1.54) is 26.3 Å². The Bertz CT molecular complexity index is 759. The van der Waals surface area contributed by atoms with Gasteiger partial charge < -0.3 is 10.1 Å². The van der Waals surface area contributed by atoms with Crippen LogP contribution in [-0.4, -0.2) is 51.1 Å². The number of hydrazine groups is 1. The van der Waals surface area contributed by atoms with E-state index >= 15 is 0 Å². The minimum Gasteiger partial charge on any atom is -0.469 e. The van der Waals surface area contributed by atoms with Crippen molar-refractivity contribution in [2.75, 3.05) is 19.5 Å². The second kappa shape index (κ2) is 8.89. The SMILES string of the molecule is CNN(C(=O)C=O)S(=O)(=O)c1ccc(NC(=O)CCC(=O)OC)cc1. The molecule has 0 radical (unpaired) electrons. The molecule has 136 valence electrons. The van der Waals surface area contributed by atoms with Gasteiger partial charge >= 0.3 is 11.9 Å². The largest absolute Gasteiger partial charge is 0.469 e. The van der Waals surface area contributed by atoms with Crippen LogP contribution in [-0.2, 0) is 33.9 Å². The number of carbonyl (C=O) groups is 4. The summed E-state index contributed by atoms with van der Waals surface area (Å²) in [6, 6.07) is 4.94. The maximum atomic E-state index is 12.3. The number of sulfonamides is 1. The molecule has 1 rings (SSSR count). The lowest BCUT2D eigenvalue weighted by atomic mass is 10.2. The van der Waals surface area contributed by atoms with E-state index in [4.69, 9.17) is 0 Å². The van der Waals surface area contributed by atoms with Crippen molar-refractivity contribution >= 4 is 39.8 Å². The number of ether oxygens (including phenoxy) is 1. The minimum atomic E-state index is -4.27. The number of carbonyl (C=O) groups excluding carboxylic acids is 4. The van der Waals surface area contributed by atoms with E-state index in [1.807, 2.05) is 0 Å². The maximum Gasteiger partial charge on any atom is 0.315 e. The van der Waals surface area contributed by atoms with Gasteiger partial charge in [-0.2, -0.15) is 12.8 Å². The predicted octanol–water partition coefficient (Wildman–Crippen LogP) is -0.571. The van der Waals surface area contributed by atoms with Crippen LogP contribution in [0.4, 0.5) is 5.69 Å². The van der Waals surface area contributed by atoms with Gasteiger partial charge in [0.2, 0.25) is 12.2 Å². The summed E-state index contributed by atoms with van der Waals surface area (Å²) >= 11 is 0. The molecular formula is C14H17N3O7S. The van der Waals surface area contributed by atoms with E-state index in [2.05, 4.69) is 15.5 Å². The highest BCUT2D eigenvalue weighted by atomic mass is 32.2. The van der Waals surface area contributed by atoms with Crippen LogP contribution in [0, 0.1) is 0 Å². The van der Waals surface area contributed by atoms with E-state index in [1.54, 1.807) is 0 Å². The lowest BCUT2D eigenvalue weighted by Gasteiger charge is -2.18. The zero-order valence-electron chi connectivity index (χ0n) is 13.5. The van der Waals surface area contributed by atoms with Crippen molar-refractivity contribution in [3.05, 3.63) is 24.3 Å². The van der Waals surface area contributed by atoms with Gasteiger partial charge in [0.25, 0.3) is 10.0 Å². The molecule has 0 bridgehead atoms. The fourth-order valence-electron chi connectivity index (χ4n) is 1.75. The molecule has 10 nitrogen and oxygen atoms in total. The quantitative estimate of drug-likeness (QED) is 0.268. The molecule has 0 unspecified atom stereocenters. The average Bonchev–Trinajstić information content (AvgIpc) is 2.60. The first-order valence-corrected chi connectivity index (χ1v) is 8.38. The van der Waals surface area contributed by atoms with Crippen molar-refractivity contribution in [3.8, 4) is 0 Å². The Labute approximate surface area is 144 Å². The number of anilines is 1. The smallest absolute Gasteiger partial charge is 0.315 e. The van der Waals surface area contributed by atoms with Crippen molar-refractivity contribution in [2.24, 2.45) is 0 Å². The molecule has 0 aliphatic carbocycles. The van der Waals surface area contributed by atoms with Gasteiger partial charge in [0.15, 0.2) is 0 Å². The van der Waals surface area contributed by atoms with Gasteiger partial charge in [-0.05, 0) is 24.3 Å². The Kier molecular flexibility index (Phi) is 7.21. The highest BCUT2D eigenvalue weighted by Gasteiger charge is 2.28. The zero-order chi connectivity index (χ0) is 19.0. The molecule has 25 heavy (non-hydrogen) atoms. The lowest BCUT2D eigenvalue weighted by Crippen LogP contribution is -2.45. The molecule has 0 saturated carbocycles. The third-order valence-electron chi connectivity index (χ3n) is 2.96. The molecule has 0 fully saturated rings. The molecule has 2 amide bonds. The lowest BCUT2D eigenvalue weighted by molar-refractivity contribution is -0.141. The number of amides is 2. The van der Waals surface area contributed by atoms with Gasteiger partial charge in [-0.15, -0.1) is 0 Å². The van der Waals surface area contributed by atoms with Gasteiger partial charge in [-0.3, -0.25) is 19.2 Å². The van der Waals surface area contributed by atoms with Crippen molar-refractivity contribution < 1.29 is 32.3 Å². The summed E-state index contributed by atoms with van der Waals surface area (Å²) in [7, 11) is -1.88. The monoisotopic (exact) mass is 371 g/mol. The van der Waals surface area contributed by atoms with Crippen LogP contribution in [0.5, 0.6) is 0 Å². The third-order valence-corrected chi connectivity index (χ3v) is 4.68. The average molecular weight is 371 g/mol. The van der Waals surface area contributed by atoms with Crippen LogP contribution < -0.4 is 10.7 Å². The van der Waals surface area contributed by atoms with Crippen LogP contribution in [0.15, 0.2) is 29.2 Å². The summed E-state index contributed by atoms with van der Waals surface area (Å²) in [5.74, 6) is -2.25. The molecular weight excluding hydrogens is 354 g/mol. The molecule has 1 aromatic carbocycles. The topological polar surface area (TPSA) is 139 Å². The Hall–Kier alpha value is -2.79. The highest BCUT2D eigenvalue weighted by Crippen LogP contribution is 2.17. The Morgan fingerprint density at radius 1 is 1.16 bits per heavy atom. The Balaban J connectivity index is 2.85.